The lowest BCUT2D eigenvalue weighted by atomic mass is 10.0. The third-order valence-electron chi connectivity index (χ3n) is 5.43. The fraction of sp³-hybridized carbons (Fsp3) is 0.333. The first-order valence-electron chi connectivity index (χ1n) is 9.80. The monoisotopic (exact) mass is 382 g/mol. The van der Waals surface area contributed by atoms with Crippen LogP contribution in [0.4, 0.5) is 8.78 Å². The molecule has 0 radical (unpaired) electrons. The second kappa shape index (κ2) is 9.16. The lowest BCUT2D eigenvalue weighted by Gasteiger charge is -2.32. The highest BCUT2D eigenvalue weighted by Crippen LogP contribution is 2.20. The van der Waals surface area contributed by atoms with Gasteiger partial charge in [-0.05, 0) is 48.7 Å². The second-order valence-corrected chi connectivity index (χ2v) is 7.73. The van der Waals surface area contributed by atoms with E-state index in [0.717, 1.165) is 17.8 Å². The van der Waals surface area contributed by atoms with Crippen LogP contribution in [0.3, 0.4) is 0 Å². The van der Waals surface area contributed by atoms with Gasteiger partial charge in [0.2, 0.25) is 0 Å². The average molecular weight is 382 g/mol. The molecule has 0 amide bonds. The quantitative estimate of drug-likeness (QED) is 0.474. The van der Waals surface area contributed by atoms with E-state index in [1.807, 2.05) is 36.5 Å². The normalized spacial score (nSPS) is 12.7. The van der Waals surface area contributed by atoms with E-state index in [2.05, 4.69) is 36.3 Å². The Kier molecular flexibility index (Phi) is 6.63. The minimum atomic E-state index is -0.224. The summed E-state index contributed by atoms with van der Waals surface area (Å²) in [7, 11) is 0. The van der Waals surface area contributed by atoms with Gasteiger partial charge in [0.15, 0.2) is 0 Å². The molecule has 0 aliphatic carbocycles. The molecule has 148 valence electrons. The number of benzene rings is 2. The van der Waals surface area contributed by atoms with E-state index < -0.39 is 0 Å². The van der Waals surface area contributed by atoms with Gasteiger partial charge in [-0.1, -0.05) is 44.2 Å². The first kappa shape index (κ1) is 20.3. The van der Waals surface area contributed by atoms with E-state index in [4.69, 9.17) is 0 Å². The van der Waals surface area contributed by atoms with Crippen molar-refractivity contribution >= 4 is 0 Å². The summed E-state index contributed by atoms with van der Waals surface area (Å²) in [5.41, 5.74) is 2.93. The number of rotatable bonds is 8. The molecule has 4 heteroatoms. The zero-order valence-corrected chi connectivity index (χ0v) is 16.8. The summed E-state index contributed by atoms with van der Waals surface area (Å²) in [6, 6.07) is 18.0. The van der Waals surface area contributed by atoms with Crippen LogP contribution in [0.2, 0.25) is 0 Å². The zero-order chi connectivity index (χ0) is 20.1. The molecule has 0 spiro atoms. The Labute approximate surface area is 166 Å². The molecule has 1 heterocycles. The summed E-state index contributed by atoms with van der Waals surface area (Å²) < 4.78 is 29.6. The smallest absolute Gasteiger partial charge is 0.127 e. The van der Waals surface area contributed by atoms with Crippen molar-refractivity contribution in [1.29, 1.82) is 0 Å². The van der Waals surface area contributed by atoms with Gasteiger partial charge in [0.25, 0.3) is 0 Å². The van der Waals surface area contributed by atoms with Crippen LogP contribution in [0.15, 0.2) is 66.9 Å². The van der Waals surface area contributed by atoms with Crippen molar-refractivity contribution < 1.29 is 8.78 Å². The third-order valence-corrected chi connectivity index (χ3v) is 5.43. The molecule has 1 atom stereocenters. The summed E-state index contributed by atoms with van der Waals surface area (Å²) >= 11 is 0. The SMILES string of the molecule is CC(C)[C@H](C)N(Cc1ccccc1F)Cc1cccn1Cc1ccc(F)cc1. The van der Waals surface area contributed by atoms with E-state index in [1.54, 1.807) is 6.07 Å². The maximum Gasteiger partial charge on any atom is 0.127 e. The number of aromatic nitrogens is 1. The van der Waals surface area contributed by atoms with Crippen molar-refractivity contribution in [2.75, 3.05) is 0 Å². The Bertz CT molecular complexity index is 884. The summed E-state index contributed by atoms with van der Waals surface area (Å²) in [5.74, 6) is 0.0655. The zero-order valence-electron chi connectivity index (χ0n) is 16.8. The third kappa shape index (κ3) is 5.08. The molecule has 0 unspecified atom stereocenters. The van der Waals surface area contributed by atoms with Gasteiger partial charge < -0.3 is 4.57 Å². The van der Waals surface area contributed by atoms with Crippen LogP contribution >= 0.6 is 0 Å². The van der Waals surface area contributed by atoms with Crippen LogP contribution in [-0.2, 0) is 19.6 Å². The minimum Gasteiger partial charge on any atom is -0.346 e. The lowest BCUT2D eigenvalue weighted by Crippen LogP contribution is -2.36. The molecule has 0 fully saturated rings. The van der Waals surface area contributed by atoms with Crippen LogP contribution in [-0.4, -0.2) is 15.5 Å². The van der Waals surface area contributed by atoms with Crippen LogP contribution < -0.4 is 0 Å². The maximum atomic E-state index is 14.2. The van der Waals surface area contributed by atoms with Crippen LogP contribution in [0.25, 0.3) is 0 Å². The first-order valence-corrected chi connectivity index (χ1v) is 9.80. The standard InChI is InChI=1S/C24H28F2N2/c1-18(2)19(3)28(16-21-7-4-5-9-24(21)26)17-23-8-6-14-27(23)15-20-10-12-22(25)13-11-20/h4-14,18-19H,15-17H2,1-3H3/t19-/m0/s1. The molecule has 1 aromatic heterocycles. The Morgan fingerprint density at radius 1 is 0.857 bits per heavy atom. The molecule has 0 N–H and O–H groups in total. The number of hydrogen-bond acceptors (Lipinski definition) is 1. The van der Waals surface area contributed by atoms with Crippen LogP contribution in [0.1, 0.15) is 37.6 Å². The molecule has 0 saturated heterocycles. The Morgan fingerprint density at radius 2 is 1.57 bits per heavy atom. The Hall–Kier alpha value is -2.46. The van der Waals surface area contributed by atoms with Crippen molar-refractivity contribution in [2.24, 2.45) is 5.92 Å². The van der Waals surface area contributed by atoms with Gasteiger partial charge >= 0.3 is 0 Å². The average Bonchev–Trinajstić information content (AvgIpc) is 3.10. The molecular weight excluding hydrogens is 354 g/mol. The Morgan fingerprint density at radius 3 is 2.25 bits per heavy atom. The summed E-state index contributed by atoms with van der Waals surface area (Å²) in [6.45, 7) is 8.55. The second-order valence-electron chi connectivity index (χ2n) is 7.73. The largest absolute Gasteiger partial charge is 0.346 e. The van der Waals surface area contributed by atoms with Crippen molar-refractivity contribution in [3.05, 3.63) is 95.3 Å². The highest BCUT2D eigenvalue weighted by atomic mass is 19.1. The van der Waals surface area contributed by atoms with Gasteiger partial charge in [0.1, 0.15) is 11.6 Å². The van der Waals surface area contributed by atoms with Crippen LogP contribution in [0.5, 0.6) is 0 Å². The summed E-state index contributed by atoms with van der Waals surface area (Å²) in [6.07, 6.45) is 2.04. The fourth-order valence-electron chi connectivity index (χ4n) is 3.35. The van der Waals surface area contributed by atoms with Crippen molar-refractivity contribution in [3.8, 4) is 0 Å². The van der Waals surface area contributed by atoms with Gasteiger partial charge in [0.05, 0.1) is 0 Å². The van der Waals surface area contributed by atoms with Crippen molar-refractivity contribution in [3.63, 3.8) is 0 Å². The van der Waals surface area contributed by atoms with Crippen LogP contribution in [0, 0.1) is 17.6 Å². The van der Waals surface area contributed by atoms with Crippen molar-refractivity contribution in [1.82, 2.24) is 9.47 Å². The molecule has 2 nitrogen and oxygen atoms in total. The molecular formula is C24H28F2N2. The maximum absolute atomic E-state index is 14.2. The molecule has 0 bridgehead atoms. The number of halogens is 2. The van der Waals surface area contributed by atoms with Gasteiger partial charge in [-0.15, -0.1) is 0 Å². The van der Waals surface area contributed by atoms with E-state index >= 15 is 0 Å². The number of hydrogen-bond donors (Lipinski definition) is 0. The molecule has 0 aliphatic heterocycles. The first-order chi connectivity index (χ1) is 13.4. The van der Waals surface area contributed by atoms with Gasteiger partial charge in [-0.2, -0.15) is 0 Å². The van der Waals surface area contributed by atoms with E-state index in [9.17, 15) is 8.78 Å². The molecule has 3 aromatic rings. The Balaban J connectivity index is 1.80. The summed E-state index contributed by atoms with van der Waals surface area (Å²) in [4.78, 5) is 2.32. The summed E-state index contributed by atoms with van der Waals surface area (Å²) in [5, 5.41) is 0. The van der Waals surface area contributed by atoms with E-state index in [-0.39, 0.29) is 11.6 Å². The van der Waals surface area contributed by atoms with E-state index in [0.29, 0.717) is 30.6 Å². The highest BCUT2D eigenvalue weighted by molar-refractivity contribution is 5.20. The molecule has 0 saturated carbocycles. The van der Waals surface area contributed by atoms with Gasteiger partial charge in [-0.3, -0.25) is 4.90 Å². The molecule has 0 aliphatic rings. The minimum absolute atomic E-state index is 0.162. The van der Waals surface area contributed by atoms with E-state index in [1.165, 1.54) is 18.2 Å². The number of nitrogens with zero attached hydrogens (tertiary/aromatic N) is 2. The molecule has 28 heavy (non-hydrogen) atoms. The van der Waals surface area contributed by atoms with Gasteiger partial charge in [-0.25, -0.2) is 8.78 Å². The molecule has 2 aromatic carbocycles. The fourth-order valence-corrected chi connectivity index (χ4v) is 3.35. The van der Waals surface area contributed by atoms with Gasteiger partial charge in [0, 0.05) is 43.1 Å². The topological polar surface area (TPSA) is 8.17 Å². The lowest BCUT2D eigenvalue weighted by molar-refractivity contribution is 0.146. The predicted molar refractivity (Wildman–Crippen MR) is 110 cm³/mol. The molecule has 3 rings (SSSR count). The highest BCUT2D eigenvalue weighted by Gasteiger charge is 2.20. The predicted octanol–water partition coefficient (Wildman–Crippen LogP) is 5.86. The van der Waals surface area contributed by atoms with Crippen molar-refractivity contribution in [2.45, 2.75) is 46.4 Å².